The van der Waals surface area contributed by atoms with Crippen LogP contribution in [0.2, 0.25) is 0 Å². The van der Waals surface area contributed by atoms with Crippen LogP contribution < -0.4 is 5.32 Å². The zero-order valence-corrected chi connectivity index (χ0v) is 11.0. The Morgan fingerprint density at radius 1 is 1.50 bits per heavy atom. The molecular weight excluding hydrogens is 240 g/mol. The van der Waals surface area contributed by atoms with Gasteiger partial charge in [0.05, 0.1) is 11.5 Å². The van der Waals surface area contributed by atoms with Gasteiger partial charge in [-0.3, -0.25) is 10.1 Å². The van der Waals surface area contributed by atoms with Crippen molar-refractivity contribution in [1.29, 1.82) is 0 Å². The van der Waals surface area contributed by atoms with Crippen molar-refractivity contribution in [2.24, 2.45) is 7.05 Å². The fourth-order valence-electron chi connectivity index (χ4n) is 1.64. The van der Waals surface area contributed by atoms with Crippen molar-refractivity contribution in [2.75, 3.05) is 26.1 Å². The first-order valence-electron chi connectivity index (χ1n) is 5.54. The van der Waals surface area contributed by atoms with E-state index >= 15 is 0 Å². The van der Waals surface area contributed by atoms with Gasteiger partial charge in [0.25, 0.3) is 0 Å². The van der Waals surface area contributed by atoms with Crippen LogP contribution in [-0.4, -0.2) is 41.8 Å². The van der Waals surface area contributed by atoms with Crippen LogP contribution in [0, 0.1) is 10.1 Å². The van der Waals surface area contributed by atoms with Crippen molar-refractivity contribution in [3.05, 3.63) is 15.8 Å². The predicted molar refractivity (Wildman–Crippen MR) is 65.5 cm³/mol. The molecule has 1 heterocycles. The van der Waals surface area contributed by atoms with Crippen molar-refractivity contribution in [3.8, 4) is 0 Å². The number of aryl methyl sites for hydroxylation is 2. The molecule has 0 aliphatic carbocycles. The van der Waals surface area contributed by atoms with E-state index in [0.717, 1.165) is 0 Å². The van der Waals surface area contributed by atoms with E-state index in [1.54, 1.807) is 7.05 Å². The highest BCUT2D eigenvalue weighted by molar-refractivity contribution is 5.59. The standard InChI is InChI=1S/C10H18N4O4/c1-5-7-9(14(15)16)10(13(2)12-7)11-6-8(17-3)18-4/h8,11H,5-6H2,1-4H3. The number of methoxy groups -OCH3 is 2. The van der Waals surface area contributed by atoms with Crippen molar-refractivity contribution < 1.29 is 14.4 Å². The van der Waals surface area contributed by atoms with Gasteiger partial charge in [0.1, 0.15) is 5.69 Å². The minimum atomic E-state index is -0.468. The average molecular weight is 258 g/mol. The molecule has 1 rings (SSSR count). The molecule has 8 nitrogen and oxygen atoms in total. The molecule has 0 bridgehead atoms. The minimum Gasteiger partial charge on any atom is -0.359 e. The Hall–Kier alpha value is -1.67. The van der Waals surface area contributed by atoms with Crippen LogP contribution in [-0.2, 0) is 22.9 Å². The molecule has 0 amide bonds. The summed E-state index contributed by atoms with van der Waals surface area (Å²) in [6, 6.07) is 0. The molecule has 1 aromatic rings. The summed E-state index contributed by atoms with van der Waals surface area (Å²) in [5, 5.41) is 18.1. The largest absolute Gasteiger partial charge is 0.359 e. The summed E-state index contributed by atoms with van der Waals surface area (Å²) >= 11 is 0. The lowest BCUT2D eigenvalue weighted by atomic mass is 10.3. The zero-order valence-electron chi connectivity index (χ0n) is 11.0. The van der Waals surface area contributed by atoms with E-state index in [4.69, 9.17) is 9.47 Å². The molecule has 0 aliphatic rings. The zero-order chi connectivity index (χ0) is 13.7. The van der Waals surface area contributed by atoms with Crippen molar-refractivity contribution in [3.63, 3.8) is 0 Å². The van der Waals surface area contributed by atoms with E-state index in [1.165, 1.54) is 18.9 Å². The molecule has 1 N–H and O–H groups in total. The van der Waals surface area contributed by atoms with E-state index < -0.39 is 11.2 Å². The summed E-state index contributed by atoms with van der Waals surface area (Å²) in [5.41, 5.74) is 0.460. The Kier molecular flexibility index (Phi) is 5.05. The number of rotatable bonds is 7. The van der Waals surface area contributed by atoms with Crippen LogP contribution in [0.1, 0.15) is 12.6 Å². The summed E-state index contributed by atoms with van der Waals surface area (Å²) in [7, 11) is 4.67. The van der Waals surface area contributed by atoms with Gasteiger partial charge in [-0.05, 0) is 6.42 Å². The normalized spacial score (nSPS) is 10.9. The summed E-state index contributed by atoms with van der Waals surface area (Å²) in [4.78, 5) is 10.6. The molecule has 0 saturated carbocycles. The third-order valence-corrected chi connectivity index (χ3v) is 2.57. The van der Waals surface area contributed by atoms with E-state index in [-0.39, 0.29) is 5.69 Å². The first kappa shape index (κ1) is 14.4. The summed E-state index contributed by atoms with van der Waals surface area (Å²) in [6.07, 6.45) is 0.0358. The summed E-state index contributed by atoms with van der Waals surface area (Å²) in [5.74, 6) is 0.357. The smallest absolute Gasteiger partial charge is 0.333 e. The van der Waals surface area contributed by atoms with Gasteiger partial charge in [-0.1, -0.05) is 6.92 Å². The monoisotopic (exact) mass is 258 g/mol. The number of hydrogen-bond acceptors (Lipinski definition) is 6. The van der Waals surface area contributed by atoms with Crippen LogP contribution >= 0.6 is 0 Å². The van der Waals surface area contributed by atoms with Gasteiger partial charge < -0.3 is 14.8 Å². The fraction of sp³-hybridized carbons (Fsp3) is 0.700. The second kappa shape index (κ2) is 6.31. The molecule has 0 fully saturated rings. The van der Waals surface area contributed by atoms with Gasteiger partial charge in [-0.15, -0.1) is 0 Å². The minimum absolute atomic E-state index is 0.00551. The number of nitro groups is 1. The molecule has 102 valence electrons. The highest BCUT2D eigenvalue weighted by Gasteiger charge is 2.25. The molecule has 8 heteroatoms. The van der Waals surface area contributed by atoms with Gasteiger partial charge in [0.15, 0.2) is 6.29 Å². The second-order valence-corrected chi connectivity index (χ2v) is 3.66. The molecule has 0 aliphatic heterocycles. The lowest BCUT2D eigenvalue weighted by Crippen LogP contribution is -2.24. The van der Waals surface area contributed by atoms with Crippen LogP contribution in [0.3, 0.4) is 0 Å². The summed E-state index contributed by atoms with van der Waals surface area (Å²) < 4.78 is 11.5. The topological polar surface area (TPSA) is 91.5 Å². The number of nitrogens with one attached hydrogen (secondary N) is 1. The van der Waals surface area contributed by atoms with Gasteiger partial charge in [0, 0.05) is 21.3 Å². The molecule has 0 saturated heterocycles. The number of aromatic nitrogens is 2. The SMILES string of the molecule is CCc1nn(C)c(NCC(OC)OC)c1[N+](=O)[O-]. The van der Waals surface area contributed by atoms with Crippen molar-refractivity contribution in [2.45, 2.75) is 19.6 Å². The molecule has 0 aromatic carbocycles. The third-order valence-electron chi connectivity index (χ3n) is 2.57. The first-order chi connectivity index (χ1) is 8.54. The van der Waals surface area contributed by atoms with E-state index in [9.17, 15) is 10.1 Å². The predicted octanol–water partition coefficient (Wildman–Crippen LogP) is 0.921. The number of hydrogen-bond donors (Lipinski definition) is 1. The fourth-order valence-corrected chi connectivity index (χ4v) is 1.64. The molecular formula is C10H18N4O4. The highest BCUT2D eigenvalue weighted by atomic mass is 16.7. The molecule has 18 heavy (non-hydrogen) atoms. The first-order valence-corrected chi connectivity index (χ1v) is 5.54. The quantitative estimate of drug-likeness (QED) is 0.444. The maximum absolute atomic E-state index is 11.0. The third kappa shape index (κ3) is 2.96. The van der Waals surface area contributed by atoms with Gasteiger partial charge in [-0.2, -0.15) is 5.10 Å². The van der Waals surface area contributed by atoms with Gasteiger partial charge >= 0.3 is 5.69 Å². The van der Waals surface area contributed by atoms with E-state index in [2.05, 4.69) is 10.4 Å². The van der Waals surface area contributed by atoms with Crippen molar-refractivity contribution in [1.82, 2.24) is 9.78 Å². The second-order valence-electron chi connectivity index (χ2n) is 3.66. The maximum atomic E-state index is 11.0. The highest BCUT2D eigenvalue weighted by Crippen LogP contribution is 2.28. The van der Waals surface area contributed by atoms with Crippen LogP contribution in [0.5, 0.6) is 0 Å². The molecule has 0 radical (unpaired) electrons. The number of nitrogens with zero attached hydrogens (tertiary/aromatic N) is 3. The van der Waals surface area contributed by atoms with Crippen LogP contribution in [0.15, 0.2) is 0 Å². The molecule has 0 unspecified atom stereocenters. The Labute approximate surface area is 105 Å². The number of anilines is 1. The summed E-state index contributed by atoms with van der Waals surface area (Å²) in [6.45, 7) is 2.13. The van der Waals surface area contributed by atoms with Crippen LogP contribution in [0.4, 0.5) is 11.5 Å². The average Bonchev–Trinajstić information content (AvgIpc) is 2.67. The lowest BCUT2D eigenvalue weighted by Gasteiger charge is -2.14. The Balaban J connectivity index is 2.93. The van der Waals surface area contributed by atoms with E-state index in [1.807, 2.05) is 6.92 Å². The van der Waals surface area contributed by atoms with Crippen molar-refractivity contribution >= 4 is 11.5 Å². The van der Waals surface area contributed by atoms with Gasteiger partial charge in [-0.25, -0.2) is 4.68 Å². The molecule has 0 spiro atoms. The maximum Gasteiger partial charge on any atom is 0.333 e. The van der Waals surface area contributed by atoms with Gasteiger partial charge in [0.2, 0.25) is 5.82 Å². The number of ether oxygens (including phenoxy) is 2. The Bertz CT molecular complexity index is 414. The Morgan fingerprint density at radius 2 is 2.11 bits per heavy atom. The van der Waals surface area contributed by atoms with Crippen LogP contribution in [0.25, 0.3) is 0 Å². The molecule has 1 aromatic heterocycles. The lowest BCUT2D eigenvalue weighted by molar-refractivity contribution is -0.384. The molecule has 0 atom stereocenters. The van der Waals surface area contributed by atoms with E-state index in [0.29, 0.717) is 24.5 Å². The Morgan fingerprint density at radius 3 is 2.56 bits per heavy atom.